The van der Waals surface area contributed by atoms with Crippen LogP contribution in [-0.4, -0.2) is 35.3 Å². The first-order chi connectivity index (χ1) is 9.56. The van der Waals surface area contributed by atoms with Crippen molar-refractivity contribution in [2.75, 3.05) is 6.54 Å². The second-order valence-electron chi connectivity index (χ2n) is 6.21. The lowest BCUT2D eigenvalue weighted by atomic mass is 9.95. The molecule has 2 atom stereocenters. The fourth-order valence-electron chi connectivity index (χ4n) is 2.93. The van der Waals surface area contributed by atoms with Crippen molar-refractivity contribution in [3.8, 4) is 12.3 Å². The maximum Gasteiger partial charge on any atom is 0.246 e. The summed E-state index contributed by atoms with van der Waals surface area (Å²) >= 11 is 0. The van der Waals surface area contributed by atoms with Crippen LogP contribution in [-0.2, 0) is 9.59 Å². The van der Waals surface area contributed by atoms with Gasteiger partial charge in [-0.2, -0.15) is 0 Å². The topological polar surface area (TPSA) is 49.4 Å². The molecule has 1 heterocycles. The number of carbonyl (C=O) groups excluding carboxylic acids is 2. The van der Waals surface area contributed by atoms with Crippen molar-refractivity contribution in [3.05, 3.63) is 0 Å². The van der Waals surface area contributed by atoms with Crippen LogP contribution >= 0.6 is 0 Å². The van der Waals surface area contributed by atoms with Crippen molar-refractivity contribution >= 4 is 11.8 Å². The molecular weight excluding hydrogens is 252 g/mol. The van der Waals surface area contributed by atoms with E-state index in [-0.39, 0.29) is 29.8 Å². The summed E-state index contributed by atoms with van der Waals surface area (Å²) in [5, 5.41) is 2.93. The van der Waals surface area contributed by atoms with E-state index in [1.165, 1.54) is 0 Å². The molecule has 1 saturated carbocycles. The van der Waals surface area contributed by atoms with Gasteiger partial charge in [0.15, 0.2) is 0 Å². The fourth-order valence-corrected chi connectivity index (χ4v) is 2.93. The molecule has 0 spiro atoms. The van der Waals surface area contributed by atoms with E-state index in [9.17, 15) is 9.59 Å². The monoisotopic (exact) mass is 276 g/mol. The highest BCUT2D eigenvalue weighted by molar-refractivity contribution is 5.97. The Hall–Kier alpha value is -1.50. The second-order valence-corrected chi connectivity index (χ2v) is 6.21. The van der Waals surface area contributed by atoms with Crippen molar-refractivity contribution in [2.45, 2.75) is 58.0 Å². The predicted octanol–water partition coefficient (Wildman–Crippen LogP) is 1.55. The van der Waals surface area contributed by atoms with Crippen molar-refractivity contribution < 1.29 is 9.59 Å². The minimum atomic E-state index is -0.330. The van der Waals surface area contributed by atoms with E-state index < -0.39 is 0 Å². The third-order valence-corrected chi connectivity index (χ3v) is 4.15. The summed E-state index contributed by atoms with van der Waals surface area (Å²) in [6.07, 6.45) is 9.84. The van der Waals surface area contributed by atoms with Crippen LogP contribution in [0.3, 0.4) is 0 Å². The molecule has 2 rings (SSSR count). The van der Waals surface area contributed by atoms with Crippen LogP contribution in [0, 0.1) is 24.2 Å². The van der Waals surface area contributed by atoms with Crippen LogP contribution in [0.1, 0.15) is 46.0 Å². The normalized spacial score (nSPS) is 26.6. The lowest BCUT2D eigenvalue weighted by Crippen LogP contribution is -2.65. The Morgan fingerprint density at radius 1 is 1.35 bits per heavy atom. The highest BCUT2D eigenvalue weighted by Gasteiger charge is 2.47. The van der Waals surface area contributed by atoms with Gasteiger partial charge in [0.1, 0.15) is 12.1 Å². The molecule has 0 aromatic rings. The Morgan fingerprint density at radius 3 is 2.60 bits per heavy atom. The van der Waals surface area contributed by atoms with E-state index in [0.717, 1.165) is 32.1 Å². The second kappa shape index (κ2) is 6.30. The molecule has 2 aliphatic rings. The van der Waals surface area contributed by atoms with Gasteiger partial charge < -0.3 is 10.2 Å². The van der Waals surface area contributed by atoms with Crippen LogP contribution in [0.25, 0.3) is 0 Å². The number of terminal acetylenes is 1. The molecule has 2 amide bonds. The van der Waals surface area contributed by atoms with E-state index in [2.05, 4.69) is 11.2 Å². The minimum Gasteiger partial charge on any atom is -0.342 e. The summed E-state index contributed by atoms with van der Waals surface area (Å²) in [6.45, 7) is 4.62. The molecule has 2 fully saturated rings. The number of nitrogens with zero attached hydrogens (tertiary/aromatic N) is 1. The summed E-state index contributed by atoms with van der Waals surface area (Å²) < 4.78 is 0. The molecule has 0 aromatic carbocycles. The average Bonchev–Trinajstić information content (AvgIpc) is 3.21. The molecule has 20 heavy (non-hydrogen) atoms. The van der Waals surface area contributed by atoms with Crippen LogP contribution in [0.4, 0.5) is 0 Å². The van der Waals surface area contributed by atoms with E-state index in [1.807, 2.05) is 13.8 Å². The Bertz CT molecular complexity index is 421. The Kier molecular flexibility index (Phi) is 4.69. The number of nitrogens with one attached hydrogen (secondary N) is 1. The van der Waals surface area contributed by atoms with Gasteiger partial charge in [0.25, 0.3) is 0 Å². The van der Waals surface area contributed by atoms with Gasteiger partial charge in [-0.05, 0) is 37.5 Å². The molecule has 0 radical (unpaired) electrons. The molecule has 4 heteroatoms. The maximum atomic E-state index is 12.6. The summed E-state index contributed by atoms with van der Waals surface area (Å²) in [6, 6.07) is -0.617. The zero-order chi connectivity index (χ0) is 14.7. The number of amides is 2. The van der Waals surface area contributed by atoms with Crippen LogP contribution in [0.5, 0.6) is 0 Å². The first-order valence-electron chi connectivity index (χ1n) is 7.60. The van der Waals surface area contributed by atoms with Gasteiger partial charge in [0.2, 0.25) is 11.8 Å². The highest BCUT2D eigenvalue weighted by atomic mass is 16.2. The largest absolute Gasteiger partial charge is 0.342 e. The maximum absolute atomic E-state index is 12.6. The van der Waals surface area contributed by atoms with E-state index in [4.69, 9.17) is 6.42 Å². The summed E-state index contributed by atoms with van der Waals surface area (Å²) in [4.78, 5) is 26.7. The number of unbranched alkanes of at least 4 members (excludes halogenated alkanes) is 2. The lowest BCUT2D eigenvalue weighted by molar-refractivity contribution is -0.151. The first kappa shape index (κ1) is 14.9. The zero-order valence-corrected chi connectivity index (χ0v) is 12.4. The number of rotatable bonds is 6. The van der Waals surface area contributed by atoms with Gasteiger partial charge in [-0.25, -0.2) is 0 Å². The third-order valence-electron chi connectivity index (χ3n) is 4.15. The van der Waals surface area contributed by atoms with E-state index in [0.29, 0.717) is 12.5 Å². The van der Waals surface area contributed by atoms with Crippen molar-refractivity contribution in [3.63, 3.8) is 0 Å². The molecule has 0 aromatic heterocycles. The minimum absolute atomic E-state index is 0.00782. The number of piperazine rings is 1. The van der Waals surface area contributed by atoms with Gasteiger partial charge in [0.05, 0.1) is 0 Å². The quantitative estimate of drug-likeness (QED) is 0.591. The molecule has 0 bridgehead atoms. The number of carbonyl (C=O) groups is 2. The molecule has 1 aliphatic heterocycles. The van der Waals surface area contributed by atoms with Gasteiger partial charge >= 0.3 is 0 Å². The SMILES string of the molecule is C#CCCCCN1C(=O)C(C2CC2)NC(=O)C1C(C)C. The smallest absolute Gasteiger partial charge is 0.246 e. The molecular formula is C16H24N2O2. The van der Waals surface area contributed by atoms with Crippen molar-refractivity contribution in [1.29, 1.82) is 0 Å². The average molecular weight is 276 g/mol. The molecule has 2 unspecified atom stereocenters. The molecule has 4 nitrogen and oxygen atoms in total. The molecule has 110 valence electrons. The van der Waals surface area contributed by atoms with E-state index >= 15 is 0 Å². The number of hydrogen-bond acceptors (Lipinski definition) is 2. The Labute approximate surface area is 121 Å². The van der Waals surface area contributed by atoms with Gasteiger partial charge in [0, 0.05) is 13.0 Å². The molecule has 1 aliphatic carbocycles. The fraction of sp³-hybridized carbons (Fsp3) is 0.750. The van der Waals surface area contributed by atoms with Crippen LogP contribution < -0.4 is 5.32 Å². The van der Waals surface area contributed by atoms with Gasteiger partial charge in [-0.1, -0.05) is 13.8 Å². The summed E-state index contributed by atoms with van der Waals surface area (Å²) in [5.74, 6) is 3.21. The van der Waals surface area contributed by atoms with Crippen LogP contribution in [0.15, 0.2) is 0 Å². The third kappa shape index (κ3) is 3.15. The number of hydrogen-bond donors (Lipinski definition) is 1. The summed E-state index contributed by atoms with van der Waals surface area (Å²) in [7, 11) is 0. The molecule has 1 saturated heterocycles. The van der Waals surface area contributed by atoms with Crippen LogP contribution in [0.2, 0.25) is 0 Å². The lowest BCUT2D eigenvalue weighted by Gasteiger charge is -2.41. The zero-order valence-electron chi connectivity index (χ0n) is 12.4. The standard InChI is InChI=1S/C16H24N2O2/c1-4-5-6-7-10-18-14(11(2)3)15(19)17-13(16(18)20)12-8-9-12/h1,11-14H,5-10H2,2-3H3,(H,17,19). The molecule has 1 N–H and O–H groups in total. The highest BCUT2D eigenvalue weighted by Crippen LogP contribution is 2.35. The van der Waals surface area contributed by atoms with E-state index in [1.54, 1.807) is 4.90 Å². The van der Waals surface area contributed by atoms with Crippen molar-refractivity contribution in [1.82, 2.24) is 10.2 Å². The Morgan fingerprint density at radius 2 is 2.05 bits per heavy atom. The first-order valence-corrected chi connectivity index (χ1v) is 7.60. The predicted molar refractivity (Wildman–Crippen MR) is 77.7 cm³/mol. The summed E-state index contributed by atoms with van der Waals surface area (Å²) in [5.41, 5.74) is 0. The van der Waals surface area contributed by atoms with Gasteiger partial charge in [-0.3, -0.25) is 9.59 Å². The Balaban J connectivity index is 2.05. The van der Waals surface area contributed by atoms with Crippen molar-refractivity contribution in [2.24, 2.45) is 11.8 Å². The van der Waals surface area contributed by atoms with Gasteiger partial charge in [-0.15, -0.1) is 12.3 Å².